The van der Waals surface area contributed by atoms with Crippen LogP contribution in [-0.2, 0) is 10.4 Å². The number of rotatable bonds is 2. The highest BCUT2D eigenvalue weighted by atomic mass is 19.1. The number of fused-ring (bicyclic) bond motifs is 1. The van der Waals surface area contributed by atoms with Crippen molar-refractivity contribution < 1.29 is 19.2 Å². The first-order valence-electron chi connectivity index (χ1n) is 4.39. The third-order valence-corrected chi connectivity index (χ3v) is 2.41. The molecule has 6 nitrogen and oxygen atoms in total. The van der Waals surface area contributed by atoms with Crippen LogP contribution in [0.25, 0.3) is 0 Å². The van der Waals surface area contributed by atoms with Crippen molar-refractivity contribution in [3.63, 3.8) is 0 Å². The van der Waals surface area contributed by atoms with Crippen molar-refractivity contribution in [1.29, 1.82) is 0 Å². The van der Waals surface area contributed by atoms with E-state index >= 15 is 0 Å². The molecule has 0 bridgehead atoms. The van der Waals surface area contributed by atoms with Crippen LogP contribution in [-0.4, -0.2) is 22.5 Å². The number of carbonyl (C=O) groups is 1. The van der Waals surface area contributed by atoms with E-state index in [0.29, 0.717) is 0 Å². The normalized spacial score (nSPS) is 22.8. The maximum absolute atomic E-state index is 12.9. The van der Waals surface area contributed by atoms with Crippen LogP contribution in [0.5, 0.6) is 0 Å². The molecule has 1 aliphatic heterocycles. The molecule has 0 spiro atoms. The first-order valence-corrected chi connectivity index (χ1v) is 4.39. The van der Waals surface area contributed by atoms with Crippen LogP contribution in [0.15, 0.2) is 18.2 Å². The van der Waals surface area contributed by atoms with E-state index in [1.165, 1.54) is 6.07 Å². The molecule has 1 aromatic carbocycles. The minimum Gasteiger partial charge on any atom is -0.370 e. The number of nitrogens with zero attached hydrogens (tertiary/aromatic N) is 1. The standard InChI is InChI=1S/C9H7FN2O4/c10-5-1-2-7-6(3-5)9(14,4-12(15)16)8(13)11-7/h1-3,14H,4H2,(H,11,13)/t9-/m0/s1. The van der Waals surface area contributed by atoms with Crippen LogP contribution in [0.1, 0.15) is 5.56 Å². The lowest BCUT2D eigenvalue weighted by atomic mass is 9.95. The largest absolute Gasteiger partial charge is 0.370 e. The first-order chi connectivity index (χ1) is 7.43. The Bertz CT molecular complexity index is 490. The van der Waals surface area contributed by atoms with E-state index in [4.69, 9.17) is 0 Å². The third kappa shape index (κ3) is 1.41. The van der Waals surface area contributed by atoms with Crippen molar-refractivity contribution in [3.8, 4) is 0 Å². The molecule has 0 saturated carbocycles. The summed E-state index contributed by atoms with van der Waals surface area (Å²) in [5, 5.41) is 22.5. The Morgan fingerprint density at radius 2 is 2.25 bits per heavy atom. The molecule has 1 aromatic rings. The van der Waals surface area contributed by atoms with Gasteiger partial charge >= 0.3 is 0 Å². The maximum Gasteiger partial charge on any atom is 0.268 e. The molecule has 1 aliphatic rings. The lowest BCUT2D eigenvalue weighted by molar-refractivity contribution is -0.498. The summed E-state index contributed by atoms with van der Waals surface area (Å²) in [4.78, 5) is 21.0. The monoisotopic (exact) mass is 226 g/mol. The molecular weight excluding hydrogens is 219 g/mol. The van der Waals surface area contributed by atoms with Crippen LogP contribution < -0.4 is 5.32 Å². The van der Waals surface area contributed by atoms with Crippen LogP contribution in [0.2, 0.25) is 0 Å². The number of anilines is 1. The molecule has 0 unspecified atom stereocenters. The minimum absolute atomic E-state index is 0.103. The lowest BCUT2D eigenvalue weighted by Gasteiger charge is -2.15. The zero-order valence-electron chi connectivity index (χ0n) is 7.94. The fraction of sp³-hybridized carbons (Fsp3) is 0.222. The van der Waals surface area contributed by atoms with E-state index in [2.05, 4.69) is 5.32 Å². The second kappa shape index (κ2) is 3.24. The molecule has 0 aliphatic carbocycles. The number of hydrogen-bond donors (Lipinski definition) is 2. The zero-order chi connectivity index (χ0) is 11.9. The van der Waals surface area contributed by atoms with Gasteiger partial charge in [0.05, 0.1) is 0 Å². The molecule has 2 N–H and O–H groups in total. The van der Waals surface area contributed by atoms with Gasteiger partial charge < -0.3 is 10.4 Å². The molecule has 0 aromatic heterocycles. The summed E-state index contributed by atoms with van der Waals surface area (Å²) in [6.45, 7) is -0.991. The second-order valence-electron chi connectivity index (χ2n) is 3.50. The molecule has 1 amide bonds. The quantitative estimate of drug-likeness (QED) is 0.558. The van der Waals surface area contributed by atoms with E-state index in [1.54, 1.807) is 0 Å². The van der Waals surface area contributed by atoms with Gasteiger partial charge in [-0.15, -0.1) is 0 Å². The second-order valence-corrected chi connectivity index (χ2v) is 3.50. The SMILES string of the molecule is O=C1Nc2ccc(F)cc2[C@@]1(O)C[N+](=O)[O-]. The molecule has 1 atom stereocenters. The summed E-state index contributed by atoms with van der Waals surface area (Å²) in [5.74, 6) is -1.58. The van der Waals surface area contributed by atoms with Gasteiger partial charge in [0.25, 0.3) is 5.91 Å². The van der Waals surface area contributed by atoms with Crippen molar-refractivity contribution in [2.24, 2.45) is 0 Å². The number of benzene rings is 1. The van der Waals surface area contributed by atoms with Crippen molar-refractivity contribution in [2.45, 2.75) is 5.60 Å². The number of amides is 1. The van der Waals surface area contributed by atoms with Crippen LogP contribution in [0.3, 0.4) is 0 Å². The number of carbonyl (C=O) groups excluding carboxylic acids is 1. The minimum atomic E-state index is -2.29. The smallest absolute Gasteiger partial charge is 0.268 e. The number of nitro groups is 1. The molecule has 0 radical (unpaired) electrons. The predicted octanol–water partition coefficient (Wildman–Crippen LogP) is 0.242. The lowest BCUT2D eigenvalue weighted by Crippen LogP contribution is -2.40. The van der Waals surface area contributed by atoms with Crippen molar-refractivity contribution in [3.05, 3.63) is 39.7 Å². The average molecular weight is 226 g/mol. The Hall–Kier alpha value is -2.02. The predicted molar refractivity (Wildman–Crippen MR) is 50.8 cm³/mol. The van der Waals surface area contributed by atoms with E-state index in [1.807, 2.05) is 0 Å². The number of aliphatic hydroxyl groups is 1. The summed E-state index contributed by atoms with van der Waals surface area (Å²) in [6.07, 6.45) is 0. The summed E-state index contributed by atoms with van der Waals surface area (Å²) >= 11 is 0. The Balaban J connectivity index is 2.53. The fourth-order valence-corrected chi connectivity index (χ4v) is 1.66. The van der Waals surface area contributed by atoms with Gasteiger partial charge in [0.1, 0.15) is 5.82 Å². The molecule has 84 valence electrons. The number of nitrogens with one attached hydrogen (secondary N) is 1. The van der Waals surface area contributed by atoms with E-state index < -0.39 is 28.8 Å². The topological polar surface area (TPSA) is 92.5 Å². The molecule has 7 heteroatoms. The summed E-state index contributed by atoms with van der Waals surface area (Å²) < 4.78 is 12.9. The number of hydrogen-bond acceptors (Lipinski definition) is 4. The van der Waals surface area contributed by atoms with Crippen molar-refractivity contribution in [1.82, 2.24) is 0 Å². The molecule has 0 saturated heterocycles. The van der Waals surface area contributed by atoms with Crippen molar-refractivity contribution in [2.75, 3.05) is 11.9 Å². The highest BCUT2D eigenvalue weighted by Gasteiger charge is 2.49. The van der Waals surface area contributed by atoms with E-state index in [-0.39, 0.29) is 11.3 Å². The van der Waals surface area contributed by atoms with Crippen molar-refractivity contribution >= 4 is 11.6 Å². The molecular formula is C9H7FN2O4. The van der Waals surface area contributed by atoms with Gasteiger partial charge in [-0.1, -0.05) is 0 Å². The Kier molecular flexibility index (Phi) is 2.13. The highest BCUT2D eigenvalue weighted by molar-refractivity contribution is 6.04. The molecule has 16 heavy (non-hydrogen) atoms. The zero-order valence-corrected chi connectivity index (χ0v) is 7.94. The van der Waals surface area contributed by atoms with Gasteiger partial charge in [-0.05, 0) is 18.2 Å². The highest BCUT2D eigenvalue weighted by Crippen LogP contribution is 2.36. The van der Waals surface area contributed by atoms with Gasteiger partial charge in [-0.3, -0.25) is 14.9 Å². The van der Waals surface area contributed by atoms with Gasteiger partial charge in [-0.2, -0.15) is 0 Å². The summed E-state index contributed by atoms with van der Waals surface area (Å²) in [7, 11) is 0. The van der Waals surface area contributed by atoms with E-state index in [0.717, 1.165) is 12.1 Å². The molecule has 1 heterocycles. The summed E-state index contributed by atoms with van der Waals surface area (Å²) in [6, 6.07) is 3.26. The first kappa shape index (κ1) is 10.5. The van der Waals surface area contributed by atoms with Crippen LogP contribution in [0.4, 0.5) is 10.1 Å². The summed E-state index contributed by atoms with van der Waals surface area (Å²) in [5.41, 5.74) is -2.20. The maximum atomic E-state index is 12.9. The Labute approximate surface area is 88.8 Å². The Morgan fingerprint density at radius 1 is 1.56 bits per heavy atom. The number of halogens is 1. The van der Waals surface area contributed by atoms with Crippen LogP contribution in [0, 0.1) is 15.9 Å². The van der Waals surface area contributed by atoms with Gasteiger partial charge in [0.2, 0.25) is 12.1 Å². The Morgan fingerprint density at radius 3 is 2.88 bits per heavy atom. The average Bonchev–Trinajstić information content (AvgIpc) is 2.40. The van der Waals surface area contributed by atoms with E-state index in [9.17, 15) is 24.4 Å². The fourth-order valence-electron chi connectivity index (χ4n) is 1.66. The third-order valence-electron chi connectivity index (χ3n) is 2.41. The van der Waals surface area contributed by atoms with Gasteiger partial charge in [0.15, 0.2) is 0 Å². The van der Waals surface area contributed by atoms with Crippen LogP contribution >= 0.6 is 0 Å². The van der Waals surface area contributed by atoms with Gasteiger partial charge in [0, 0.05) is 16.2 Å². The molecule has 2 rings (SSSR count). The molecule has 0 fully saturated rings. The van der Waals surface area contributed by atoms with Gasteiger partial charge in [-0.25, -0.2) is 4.39 Å².